The van der Waals surface area contributed by atoms with Crippen molar-refractivity contribution in [3.63, 3.8) is 0 Å². The molecule has 0 bridgehead atoms. The summed E-state index contributed by atoms with van der Waals surface area (Å²) < 4.78 is 0. The number of aromatic amines is 1. The first-order valence-corrected chi connectivity index (χ1v) is 5.75. The van der Waals surface area contributed by atoms with Gasteiger partial charge in [-0.05, 0) is 32.6 Å². The standard InChI is InChI=1S/C9H15N3OS/c1-6-7(4-3-5-10)8(13)12-9(11-6)14-2/h3-5,10H2,1-2H3,(H,11,12,13). The van der Waals surface area contributed by atoms with E-state index in [0.717, 1.165) is 17.7 Å². The number of nitrogens with two attached hydrogens (primary N) is 1. The molecule has 4 nitrogen and oxygen atoms in total. The minimum absolute atomic E-state index is 0.0321. The molecule has 0 amide bonds. The molecule has 78 valence electrons. The van der Waals surface area contributed by atoms with Crippen molar-refractivity contribution in [2.45, 2.75) is 24.9 Å². The highest BCUT2D eigenvalue weighted by atomic mass is 32.2. The van der Waals surface area contributed by atoms with Crippen molar-refractivity contribution in [3.05, 3.63) is 21.6 Å². The van der Waals surface area contributed by atoms with Gasteiger partial charge in [-0.25, -0.2) is 4.98 Å². The fourth-order valence-electron chi connectivity index (χ4n) is 1.25. The van der Waals surface area contributed by atoms with Crippen molar-refractivity contribution in [1.82, 2.24) is 9.97 Å². The Morgan fingerprint density at radius 3 is 2.79 bits per heavy atom. The fraction of sp³-hybridized carbons (Fsp3) is 0.556. The summed E-state index contributed by atoms with van der Waals surface area (Å²) in [5, 5.41) is 0.670. The molecule has 3 N–H and O–H groups in total. The molecule has 0 aromatic carbocycles. The van der Waals surface area contributed by atoms with E-state index in [-0.39, 0.29) is 5.56 Å². The average Bonchev–Trinajstić information content (AvgIpc) is 2.16. The Morgan fingerprint density at radius 2 is 2.29 bits per heavy atom. The second kappa shape index (κ2) is 5.17. The lowest BCUT2D eigenvalue weighted by Gasteiger charge is -2.04. The van der Waals surface area contributed by atoms with E-state index in [2.05, 4.69) is 9.97 Å². The number of rotatable bonds is 4. The molecule has 1 aromatic rings. The molecule has 0 fully saturated rings. The van der Waals surface area contributed by atoms with Gasteiger partial charge >= 0.3 is 0 Å². The van der Waals surface area contributed by atoms with Crippen LogP contribution in [0.1, 0.15) is 17.7 Å². The van der Waals surface area contributed by atoms with Crippen LogP contribution in [0, 0.1) is 6.92 Å². The van der Waals surface area contributed by atoms with Gasteiger partial charge in [0.05, 0.1) is 0 Å². The van der Waals surface area contributed by atoms with Crippen molar-refractivity contribution in [3.8, 4) is 0 Å². The molecule has 1 aromatic heterocycles. The summed E-state index contributed by atoms with van der Waals surface area (Å²) in [6, 6.07) is 0. The van der Waals surface area contributed by atoms with E-state index in [0.29, 0.717) is 18.1 Å². The van der Waals surface area contributed by atoms with E-state index < -0.39 is 0 Å². The molecule has 1 rings (SSSR count). The minimum atomic E-state index is -0.0321. The number of nitrogens with zero attached hydrogens (tertiary/aromatic N) is 1. The first-order valence-electron chi connectivity index (χ1n) is 4.53. The maximum atomic E-state index is 11.6. The molecular weight excluding hydrogens is 198 g/mol. The highest BCUT2D eigenvalue weighted by Gasteiger charge is 2.06. The van der Waals surface area contributed by atoms with Crippen LogP contribution < -0.4 is 11.3 Å². The number of H-pyrrole nitrogens is 1. The number of nitrogens with one attached hydrogen (secondary N) is 1. The summed E-state index contributed by atoms with van der Waals surface area (Å²) in [7, 11) is 0. The van der Waals surface area contributed by atoms with Gasteiger partial charge in [-0.3, -0.25) is 4.79 Å². The van der Waals surface area contributed by atoms with Crippen LogP contribution in [0.4, 0.5) is 0 Å². The molecular formula is C9H15N3OS. The lowest BCUT2D eigenvalue weighted by molar-refractivity contribution is 0.783. The van der Waals surface area contributed by atoms with Crippen LogP contribution in [0.5, 0.6) is 0 Å². The Morgan fingerprint density at radius 1 is 1.57 bits per heavy atom. The summed E-state index contributed by atoms with van der Waals surface area (Å²) in [4.78, 5) is 18.6. The smallest absolute Gasteiger partial charge is 0.254 e. The first kappa shape index (κ1) is 11.3. The third-order valence-corrected chi connectivity index (χ3v) is 2.60. The predicted octanol–water partition coefficient (Wildman–Crippen LogP) is 0.692. The van der Waals surface area contributed by atoms with Crippen LogP contribution in [0.2, 0.25) is 0 Å². The van der Waals surface area contributed by atoms with Crippen molar-refractivity contribution in [2.24, 2.45) is 5.73 Å². The van der Waals surface area contributed by atoms with Crippen molar-refractivity contribution in [1.29, 1.82) is 0 Å². The molecule has 5 heteroatoms. The van der Waals surface area contributed by atoms with E-state index in [9.17, 15) is 4.79 Å². The zero-order valence-corrected chi connectivity index (χ0v) is 9.28. The minimum Gasteiger partial charge on any atom is -0.330 e. The summed E-state index contributed by atoms with van der Waals surface area (Å²) >= 11 is 1.44. The predicted molar refractivity (Wildman–Crippen MR) is 58.8 cm³/mol. The van der Waals surface area contributed by atoms with Gasteiger partial charge in [0.2, 0.25) is 0 Å². The molecule has 14 heavy (non-hydrogen) atoms. The van der Waals surface area contributed by atoms with Crippen molar-refractivity contribution >= 4 is 11.8 Å². The average molecular weight is 213 g/mol. The number of aromatic nitrogens is 2. The van der Waals surface area contributed by atoms with E-state index in [1.807, 2.05) is 13.2 Å². The zero-order valence-electron chi connectivity index (χ0n) is 8.46. The fourth-order valence-corrected chi connectivity index (χ4v) is 1.68. The Bertz CT molecular complexity index is 362. The van der Waals surface area contributed by atoms with Gasteiger partial charge in [-0.1, -0.05) is 11.8 Å². The van der Waals surface area contributed by atoms with Crippen LogP contribution in [-0.4, -0.2) is 22.8 Å². The van der Waals surface area contributed by atoms with Gasteiger partial charge in [-0.15, -0.1) is 0 Å². The van der Waals surface area contributed by atoms with Gasteiger partial charge in [0, 0.05) is 11.3 Å². The lowest BCUT2D eigenvalue weighted by atomic mass is 10.1. The highest BCUT2D eigenvalue weighted by Crippen LogP contribution is 2.08. The van der Waals surface area contributed by atoms with E-state index >= 15 is 0 Å². The number of thioether (sulfide) groups is 1. The number of aryl methyl sites for hydroxylation is 1. The zero-order chi connectivity index (χ0) is 10.6. The highest BCUT2D eigenvalue weighted by molar-refractivity contribution is 7.98. The SMILES string of the molecule is CSc1nc(C)c(CCCN)c(=O)[nH]1. The Hall–Kier alpha value is -0.810. The third kappa shape index (κ3) is 2.59. The monoisotopic (exact) mass is 213 g/mol. The Kier molecular flexibility index (Phi) is 4.16. The van der Waals surface area contributed by atoms with Crippen LogP contribution in [0.25, 0.3) is 0 Å². The van der Waals surface area contributed by atoms with Gasteiger partial charge in [0.25, 0.3) is 5.56 Å². The maximum Gasteiger partial charge on any atom is 0.254 e. The summed E-state index contributed by atoms with van der Waals surface area (Å²) in [5.74, 6) is 0. The molecule has 1 heterocycles. The molecule has 0 aliphatic heterocycles. The summed E-state index contributed by atoms with van der Waals surface area (Å²) in [6.45, 7) is 2.46. The maximum absolute atomic E-state index is 11.6. The topological polar surface area (TPSA) is 71.8 Å². The van der Waals surface area contributed by atoms with Crippen molar-refractivity contribution < 1.29 is 0 Å². The van der Waals surface area contributed by atoms with E-state index in [1.165, 1.54) is 11.8 Å². The summed E-state index contributed by atoms with van der Waals surface area (Å²) in [5.41, 5.74) is 6.93. The second-order valence-corrected chi connectivity index (χ2v) is 3.83. The molecule has 0 unspecified atom stereocenters. The van der Waals surface area contributed by atoms with Gasteiger partial charge in [0.15, 0.2) is 5.16 Å². The quantitative estimate of drug-likeness (QED) is 0.570. The van der Waals surface area contributed by atoms with Gasteiger partial charge in [0.1, 0.15) is 0 Å². The molecule has 0 atom stereocenters. The first-order chi connectivity index (χ1) is 6.69. The van der Waals surface area contributed by atoms with Crippen LogP contribution in [-0.2, 0) is 6.42 Å². The number of hydrogen-bond donors (Lipinski definition) is 2. The van der Waals surface area contributed by atoms with Crippen LogP contribution in [0.15, 0.2) is 9.95 Å². The third-order valence-electron chi connectivity index (χ3n) is 2.02. The van der Waals surface area contributed by atoms with E-state index in [4.69, 9.17) is 5.73 Å². The van der Waals surface area contributed by atoms with Crippen molar-refractivity contribution in [2.75, 3.05) is 12.8 Å². The van der Waals surface area contributed by atoms with Crippen LogP contribution in [0.3, 0.4) is 0 Å². The Labute approximate surface area is 87.3 Å². The molecule has 0 saturated heterocycles. The lowest BCUT2D eigenvalue weighted by Crippen LogP contribution is -2.18. The molecule has 0 spiro atoms. The second-order valence-electron chi connectivity index (χ2n) is 3.03. The van der Waals surface area contributed by atoms with Gasteiger partial charge < -0.3 is 10.7 Å². The Balaban J connectivity index is 3.00. The summed E-state index contributed by atoms with van der Waals surface area (Å²) in [6.07, 6.45) is 3.42. The number of hydrogen-bond acceptors (Lipinski definition) is 4. The molecule has 0 aliphatic carbocycles. The normalized spacial score (nSPS) is 10.5. The van der Waals surface area contributed by atoms with Gasteiger partial charge in [-0.2, -0.15) is 0 Å². The van der Waals surface area contributed by atoms with E-state index in [1.54, 1.807) is 0 Å². The molecule has 0 aliphatic rings. The van der Waals surface area contributed by atoms with Crippen LogP contribution >= 0.6 is 11.8 Å². The largest absolute Gasteiger partial charge is 0.330 e. The molecule has 0 radical (unpaired) electrons. The molecule has 0 saturated carbocycles.